The van der Waals surface area contributed by atoms with Gasteiger partial charge in [-0.25, -0.2) is 0 Å². The number of ketones is 3. The molecule has 0 radical (unpaired) electrons. The van der Waals surface area contributed by atoms with Crippen LogP contribution < -0.4 is 0 Å². The predicted octanol–water partition coefficient (Wildman–Crippen LogP) is 4.76. The molecule has 0 heterocycles. The summed E-state index contributed by atoms with van der Waals surface area (Å²) in [6.07, 6.45) is -2.81. The molecule has 1 fully saturated rings. The molecule has 1 aliphatic rings. The largest absolute Gasteiger partial charge is 0.383 e. The molecule has 7 rings (SSSR count). The van der Waals surface area contributed by atoms with Gasteiger partial charge in [0.1, 0.15) is 16.8 Å². The minimum absolute atomic E-state index is 0.128. The molecule has 9 heteroatoms. The summed E-state index contributed by atoms with van der Waals surface area (Å²) in [5, 5.41) is 83.1. The van der Waals surface area contributed by atoms with Gasteiger partial charge in [0.15, 0.2) is 16.8 Å². The number of aliphatic hydroxyl groups is 6. The number of Topliss-reactive ketones (excluding diaryl/α,β-unsaturated/α-hetero) is 3. The van der Waals surface area contributed by atoms with Crippen LogP contribution in [0.2, 0.25) is 0 Å². The molecule has 9 nitrogen and oxygen atoms in total. The average molecular weight is 763 g/mol. The first-order valence-corrected chi connectivity index (χ1v) is 18.5. The third-order valence-electron chi connectivity index (χ3n) is 11.6. The number of carbonyl (C=O) groups is 3. The second-order valence-corrected chi connectivity index (χ2v) is 14.8. The van der Waals surface area contributed by atoms with Crippen LogP contribution in [-0.2, 0) is 19.3 Å². The maximum Gasteiger partial charge on any atom is 0.201 e. The number of rotatable bonds is 12. The van der Waals surface area contributed by atoms with Crippen LogP contribution in [0.15, 0.2) is 182 Å². The molecule has 0 aromatic heterocycles. The van der Waals surface area contributed by atoms with E-state index >= 15 is 14.4 Å². The van der Waals surface area contributed by atoms with E-state index in [1.165, 1.54) is 109 Å². The van der Waals surface area contributed by atoms with Crippen molar-refractivity contribution in [3.8, 4) is 0 Å². The smallest absolute Gasteiger partial charge is 0.201 e. The van der Waals surface area contributed by atoms with E-state index in [1.54, 1.807) is 72.8 Å². The van der Waals surface area contributed by atoms with Crippen LogP contribution in [0.5, 0.6) is 0 Å². The zero-order chi connectivity index (χ0) is 40.5. The lowest BCUT2D eigenvalue weighted by atomic mass is 9.39. The van der Waals surface area contributed by atoms with E-state index in [-0.39, 0.29) is 33.4 Å². The van der Waals surface area contributed by atoms with Crippen molar-refractivity contribution >= 4 is 17.3 Å². The Labute approximate surface area is 329 Å². The van der Waals surface area contributed by atoms with Gasteiger partial charge in [0, 0.05) is 36.0 Å². The second kappa shape index (κ2) is 14.9. The second-order valence-electron chi connectivity index (χ2n) is 14.8. The first kappa shape index (κ1) is 39.3. The summed E-state index contributed by atoms with van der Waals surface area (Å²) in [7, 11) is 0. The van der Waals surface area contributed by atoms with Crippen molar-refractivity contribution in [1.29, 1.82) is 0 Å². The molecule has 6 aromatic carbocycles. The lowest BCUT2D eigenvalue weighted by Gasteiger charge is -2.71. The van der Waals surface area contributed by atoms with Gasteiger partial charge in [-0.2, -0.15) is 0 Å². The van der Waals surface area contributed by atoms with Gasteiger partial charge < -0.3 is 30.6 Å². The zero-order valence-corrected chi connectivity index (χ0v) is 30.8. The summed E-state index contributed by atoms with van der Waals surface area (Å²) in [6.45, 7) is 0. The lowest BCUT2D eigenvalue weighted by Crippen LogP contribution is -3.00. The van der Waals surface area contributed by atoms with Crippen molar-refractivity contribution in [1.82, 2.24) is 0 Å². The van der Waals surface area contributed by atoms with E-state index in [4.69, 9.17) is 0 Å². The number of benzene rings is 6. The first-order valence-electron chi connectivity index (χ1n) is 18.5. The Morgan fingerprint density at radius 1 is 0.298 bits per heavy atom. The van der Waals surface area contributed by atoms with E-state index in [0.717, 1.165) is 0 Å². The Kier molecular flexibility index (Phi) is 10.3. The molecule has 0 saturated heterocycles. The quantitative estimate of drug-likeness (QED) is 0.0962. The number of carbonyl (C=O) groups excluding carboxylic acids is 3. The standard InChI is InChI=1S/C48H42O9/c49-40(37-25-13-4-14-26-37)46(55)43(52,31-34-19-7-1-8-20-34)44(53,32-35-21-9-2-10-22-35)47(56,41(50)38-27-15-5-16-28-38)48(57,42(51)39-29-17-6-18-30-39)45(46,54)33-36-23-11-3-12-24-36/h1-30,52-57H,31-33H2/t43-,44-,45+,46-,47-,48-/m1/s1. The summed E-state index contributed by atoms with van der Waals surface area (Å²) < 4.78 is 0. The first-order chi connectivity index (χ1) is 27.3. The molecule has 6 atom stereocenters. The van der Waals surface area contributed by atoms with Crippen molar-refractivity contribution in [2.24, 2.45) is 0 Å². The molecule has 0 amide bonds. The Morgan fingerprint density at radius 2 is 0.509 bits per heavy atom. The fourth-order valence-corrected chi connectivity index (χ4v) is 8.75. The van der Waals surface area contributed by atoms with Crippen LogP contribution in [0.1, 0.15) is 47.8 Å². The van der Waals surface area contributed by atoms with Gasteiger partial charge >= 0.3 is 0 Å². The minimum atomic E-state index is -4.02. The molecule has 0 spiro atoms. The van der Waals surface area contributed by atoms with Gasteiger partial charge in [-0.05, 0) is 16.7 Å². The molecule has 6 aromatic rings. The van der Waals surface area contributed by atoms with Gasteiger partial charge in [0.05, 0.1) is 0 Å². The van der Waals surface area contributed by atoms with Crippen LogP contribution >= 0.6 is 0 Å². The van der Waals surface area contributed by atoms with E-state index < -0.39 is 70.2 Å². The van der Waals surface area contributed by atoms with Crippen LogP contribution in [0.25, 0.3) is 0 Å². The highest BCUT2D eigenvalue weighted by atomic mass is 16.5. The van der Waals surface area contributed by atoms with Crippen LogP contribution in [-0.4, -0.2) is 81.6 Å². The van der Waals surface area contributed by atoms with E-state index in [9.17, 15) is 30.6 Å². The molecule has 0 bridgehead atoms. The molecule has 1 saturated carbocycles. The predicted molar refractivity (Wildman–Crippen MR) is 212 cm³/mol. The van der Waals surface area contributed by atoms with Crippen molar-refractivity contribution < 1.29 is 45.0 Å². The molecule has 0 unspecified atom stereocenters. The normalized spacial score (nSPS) is 28.3. The number of hydrogen-bond donors (Lipinski definition) is 6. The molecule has 1 aliphatic carbocycles. The summed E-state index contributed by atoms with van der Waals surface area (Å²) in [5.74, 6) is -4.39. The van der Waals surface area contributed by atoms with Crippen molar-refractivity contribution in [2.45, 2.75) is 52.9 Å². The van der Waals surface area contributed by atoms with Crippen LogP contribution in [0.3, 0.4) is 0 Å². The third kappa shape index (κ3) is 5.82. The lowest BCUT2D eigenvalue weighted by molar-refractivity contribution is -0.397. The Bertz CT molecular complexity index is 2360. The molecule has 6 N–H and O–H groups in total. The zero-order valence-electron chi connectivity index (χ0n) is 30.8. The van der Waals surface area contributed by atoms with Gasteiger partial charge in [-0.1, -0.05) is 182 Å². The molecule has 57 heavy (non-hydrogen) atoms. The third-order valence-corrected chi connectivity index (χ3v) is 11.6. The van der Waals surface area contributed by atoms with Gasteiger partial charge in [0.2, 0.25) is 17.3 Å². The van der Waals surface area contributed by atoms with Crippen LogP contribution in [0, 0.1) is 0 Å². The highest BCUT2D eigenvalue weighted by molar-refractivity contribution is 6.16. The van der Waals surface area contributed by atoms with E-state index in [1.807, 2.05) is 0 Å². The molecular weight excluding hydrogens is 721 g/mol. The topological polar surface area (TPSA) is 173 Å². The highest BCUT2D eigenvalue weighted by Crippen LogP contribution is 2.63. The van der Waals surface area contributed by atoms with Crippen molar-refractivity contribution in [3.63, 3.8) is 0 Å². The summed E-state index contributed by atoms with van der Waals surface area (Å²) in [5.41, 5.74) is -23.0. The molecule has 0 aliphatic heterocycles. The minimum Gasteiger partial charge on any atom is -0.383 e. The summed E-state index contributed by atoms with van der Waals surface area (Å²) in [4.78, 5) is 46.5. The molecule has 288 valence electrons. The van der Waals surface area contributed by atoms with Crippen molar-refractivity contribution in [3.05, 3.63) is 215 Å². The SMILES string of the molecule is O=C(c1ccccc1)[C@@]1(O)[C@@](O)(Cc2ccccc2)[C@](O)(Cc2ccccc2)[C@](O)(C(=O)c2ccccc2)[C@@](O)(C(=O)c2ccccc2)[C@]1(O)Cc1ccccc1. The van der Waals surface area contributed by atoms with Crippen molar-refractivity contribution in [2.75, 3.05) is 0 Å². The van der Waals surface area contributed by atoms with Gasteiger partial charge in [-0.15, -0.1) is 0 Å². The maximum absolute atomic E-state index is 15.5. The van der Waals surface area contributed by atoms with E-state index in [0.29, 0.717) is 0 Å². The number of hydrogen-bond acceptors (Lipinski definition) is 9. The Hall–Kier alpha value is -5.91. The fraction of sp³-hybridized carbons (Fsp3) is 0.188. The Morgan fingerprint density at radius 3 is 0.807 bits per heavy atom. The maximum atomic E-state index is 15.5. The summed E-state index contributed by atoms with van der Waals surface area (Å²) >= 11 is 0. The van der Waals surface area contributed by atoms with Gasteiger partial charge in [0.25, 0.3) is 0 Å². The van der Waals surface area contributed by atoms with Gasteiger partial charge in [-0.3, -0.25) is 14.4 Å². The molecular formula is C48H42O9. The van der Waals surface area contributed by atoms with Crippen LogP contribution in [0.4, 0.5) is 0 Å². The average Bonchev–Trinajstić information content (AvgIpc) is 3.26. The highest BCUT2D eigenvalue weighted by Gasteiger charge is 2.93. The summed E-state index contributed by atoms with van der Waals surface area (Å²) in [6, 6.07) is 44.7. The monoisotopic (exact) mass is 762 g/mol. The Balaban J connectivity index is 1.71. The fourth-order valence-electron chi connectivity index (χ4n) is 8.75. The van der Waals surface area contributed by atoms with E-state index in [2.05, 4.69) is 0 Å².